The van der Waals surface area contributed by atoms with E-state index in [2.05, 4.69) is 36.9 Å². The molecule has 1 aromatic carbocycles. The number of aromatic nitrogens is 3. The van der Waals surface area contributed by atoms with Gasteiger partial charge in [-0.2, -0.15) is 0 Å². The van der Waals surface area contributed by atoms with E-state index in [9.17, 15) is 4.39 Å². The average molecular weight is 559 g/mol. The summed E-state index contributed by atoms with van der Waals surface area (Å²) >= 11 is 12.6. The van der Waals surface area contributed by atoms with Crippen molar-refractivity contribution in [3.63, 3.8) is 0 Å². The maximum Gasteiger partial charge on any atom is 0.227 e. The van der Waals surface area contributed by atoms with Crippen molar-refractivity contribution in [1.82, 2.24) is 24.8 Å². The Bertz CT molecular complexity index is 1210. The van der Waals surface area contributed by atoms with Gasteiger partial charge >= 0.3 is 0 Å². The molecule has 2 saturated heterocycles. The van der Waals surface area contributed by atoms with Crippen LogP contribution in [0.25, 0.3) is 0 Å². The first kappa shape index (κ1) is 27.1. The lowest BCUT2D eigenvalue weighted by atomic mass is 9.97. The van der Waals surface area contributed by atoms with Crippen LogP contribution in [0.15, 0.2) is 48.9 Å². The molecule has 0 amide bonds. The van der Waals surface area contributed by atoms with Crippen LogP contribution >= 0.6 is 23.2 Å². The molecule has 2 aromatic heterocycles. The van der Waals surface area contributed by atoms with E-state index in [0.29, 0.717) is 40.2 Å². The van der Waals surface area contributed by atoms with Gasteiger partial charge in [-0.1, -0.05) is 42.6 Å². The lowest BCUT2D eigenvalue weighted by Gasteiger charge is -2.48. The summed E-state index contributed by atoms with van der Waals surface area (Å²) in [6.45, 7) is 7.60. The van der Waals surface area contributed by atoms with Gasteiger partial charge in [0.05, 0.1) is 16.9 Å². The molecule has 1 atom stereocenters. The van der Waals surface area contributed by atoms with E-state index < -0.39 is 0 Å². The van der Waals surface area contributed by atoms with Crippen molar-refractivity contribution in [2.24, 2.45) is 0 Å². The summed E-state index contributed by atoms with van der Waals surface area (Å²) < 4.78 is 14.3. The zero-order chi connectivity index (χ0) is 26.5. The monoisotopic (exact) mass is 557 g/mol. The predicted molar refractivity (Wildman–Crippen MR) is 152 cm³/mol. The van der Waals surface area contributed by atoms with Gasteiger partial charge in [-0.3, -0.25) is 9.80 Å². The van der Waals surface area contributed by atoms with Crippen molar-refractivity contribution >= 4 is 40.7 Å². The summed E-state index contributed by atoms with van der Waals surface area (Å²) in [6.07, 6.45) is 9.62. The number of hydrogen-bond donors (Lipinski definition) is 1. The van der Waals surface area contributed by atoms with Crippen LogP contribution in [0.3, 0.4) is 0 Å². The van der Waals surface area contributed by atoms with Crippen LogP contribution in [0.4, 0.5) is 21.8 Å². The number of nitrogens with one attached hydrogen (secondary N) is 1. The number of pyridine rings is 1. The number of piperidine rings is 1. The molecule has 0 aliphatic carbocycles. The smallest absolute Gasteiger partial charge is 0.227 e. The highest BCUT2D eigenvalue weighted by Crippen LogP contribution is 2.31. The molecule has 7 nitrogen and oxygen atoms in total. The molecule has 0 radical (unpaired) electrons. The second-order valence-corrected chi connectivity index (χ2v) is 10.9. The number of likely N-dealkylation sites (tertiary alicyclic amines) is 1. The van der Waals surface area contributed by atoms with Crippen LogP contribution in [0.1, 0.15) is 38.2 Å². The highest BCUT2D eigenvalue weighted by atomic mass is 35.5. The molecule has 3 aromatic rings. The first-order valence-corrected chi connectivity index (χ1v) is 14.1. The third-order valence-corrected chi connectivity index (χ3v) is 8.04. The molecular weight excluding hydrogens is 524 g/mol. The van der Waals surface area contributed by atoms with E-state index in [1.54, 1.807) is 36.8 Å². The molecule has 0 bridgehead atoms. The maximum absolute atomic E-state index is 14.3. The van der Waals surface area contributed by atoms with Crippen molar-refractivity contribution in [2.45, 2.75) is 51.2 Å². The second-order valence-electron chi connectivity index (χ2n) is 10.1. The fraction of sp³-hybridized carbons (Fsp3) is 0.464. The lowest BCUT2D eigenvalue weighted by Crippen LogP contribution is -2.58. The Morgan fingerprint density at radius 1 is 1.03 bits per heavy atom. The maximum atomic E-state index is 14.3. The minimum atomic E-state index is -0.219. The van der Waals surface area contributed by atoms with E-state index in [0.717, 1.165) is 69.9 Å². The molecule has 1 N–H and O–H groups in total. The largest absolute Gasteiger partial charge is 0.353 e. The first-order valence-electron chi connectivity index (χ1n) is 13.4. The molecule has 2 aliphatic heterocycles. The van der Waals surface area contributed by atoms with Crippen molar-refractivity contribution in [2.75, 3.05) is 42.9 Å². The highest BCUT2D eigenvalue weighted by Gasteiger charge is 2.34. The molecule has 5 rings (SSSR count). The fourth-order valence-electron chi connectivity index (χ4n) is 5.66. The Labute approximate surface area is 234 Å². The van der Waals surface area contributed by atoms with Gasteiger partial charge in [0.15, 0.2) is 0 Å². The van der Waals surface area contributed by atoms with Gasteiger partial charge in [-0.15, -0.1) is 0 Å². The molecular formula is C28H34Cl2FN7. The van der Waals surface area contributed by atoms with Gasteiger partial charge in [0.2, 0.25) is 5.95 Å². The third kappa shape index (κ3) is 6.54. The summed E-state index contributed by atoms with van der Waals surface area (Å²) in [5.74, 6) is 1.12. The van der Waals surface area contributed by atoms with E-state index in [1.807, 2.05) is 6.07 Å². The number of rotatable bonds is 8. The van der Waals surface area contributed by atoms with Crippen LogP contribution < -0.4 is 10.2 Å². The van der Waals surface area contributed by atoms with Gasteiger partial charge in [0, 0.05) is 61.2 Å². The number of nitrogens with zero attached hydrogens (tertiary/aromatic N) is 6. The number of piperazine rings is 1. The van der Waals surface area contributed by atoms with E-state index in [-0.39, 0.29) is 5.82 Å². The Balaban J connectivity index is 1.19. The van der Waals surface area contributed by atoms with Crippen LogP contribution in [0.5, 0.6) is 0 Å². The standard InChI is InChI=1S/C28H34Cl2FN7/c1-2-4-24-19-37(27-25(30)16-22(17-34-27)35-28-32-9-3-10-33-28)13-14-38(24)23-7-11-36(12-8-23)18-20-5-6-21(29)15-26(20)31/h3,5-6,9-10,15-17,23-24H,2,4,7-8,11-14,18-19H2,1H3,(H,32,33,35)/t24-/m0/s1. The van der Waals surface area contributed by atoms with Crippen LogP contribution in [0.2, 0.25) is 10.0 Å². The number of halogens is 3. The topological polar surface area (TPSA) is 60.4 Å². The molecule has 202 valence electrons. The van der Waals surface area contributed by atoms with Gasteiger partial charge < -0.3 is 10.2 Å². The lowest BCUT2D eigenvalue weighted by molar-refractivity contribution is 0.0587. The van der Waals surface area contributed by atoms with Gasteiger partial charge in [0.25, 0.3) is 0 Å². The third-order valence-electron chi connectivity index (χ3n) is 7.53. The van der Waals surface area contributed by atoms with Crippen LogP contribution in [0, 0.1) is 5.82 Å². The summed E-state index contributed by atoms with van der Waals surface area (Å²) in [5, 5.41) is 4.22. The van der Waals surface area contributed by atoms with E-state index in [1.165, 1.54) is 6.07 Å². The van der Waals surface area contributed by atoms with Crippen molar-refractivity contribution in [3.05, 3.63) is 70.3 Å². The Hall–Kier alpha value is -2.52. The molecule has 2 aliphatic rings. The fourth-order valence-corrected chi connectivity index (χ4v) is 6.10. The summed E-state index contributed by atoms with van der Waals surface area (Å²) in [7, 11) is 0. The molecule has 0 unspecified atom stereocenters. The van der Waals surface area contributed by atoms with Crippen molar-refractivity contribution < 1.29 is 4.39 Å². The highest BCUT2D eigenvalue weighted by molar-refractivity contribution is 6.33. The average Bonchev–Trinajstić information content (AvgIpc) is 2.92. The minimum absolute atomic E-state index is 0.219. The van der Waals surface area contributed by atoms with Crippen molar-refractivity contribution in [1.29, 1.82) is 0 Å². The molecule has 2 fully saturated rings. The number of anilines is 3. The van der Waals surface area contributed by atoms with E-state index in [4.69, 9.17) is 28.2 Å². The zero-order valence-electron chi connectivity index (χ0n) is 21.7. The zero-order valence-corrected chi connectivity index (χ0v) is 23.2. The first-order chi connectivity index (χ1) is 18.5. The SMILES string of the molecule is CCC[C@H]1CN(c2ncc(Nc3ncccn3)cc2Cl)CCN1C1CCN(Cc2ccc(Cl)cc2F)CC1. The summed E-state index contributed by atoms with van der Waals surface area (Å²) in [5.41, 5.74) is 1.48. The normalized spacial score (nSPS) is 19.6. The number of benzene rings is 1. The second kappa shape index (κ2) is 12.6. The van der Waals surface area contributed by atoms with Crippen LogP contribution in [-0.4, -0.2) is 69.6 Å². The summed E-state index contributed by atoms with van der Waals surface area (Å²) in [6, 6.07) is 9.63. The van der Waals surface area contributed by atoms with E-state index >= 15 is 0 Å². The van der Waals surface area contributed by atoms with Gasteiger partial charge in [-0.05, 0) is 56.6 Å². The quantitative estimate of drug-likeness (QED) is 0.363. The van der Waals surface area contributed by atoms with Crippen molar-refractivity contribution in [3.8, 4) is 0 Å². The Morgan fingerprint density at radius 3 is 2.53 bits per heavy atom. The molecule has 38 heavy (non-hydrogen) atoms. The Kier molecular flexibility index (Phi) is 8.94. The van der Waals surface area contributed by atoms with Crippen LogP contribution in [-0.2, 0) is 6.54 Å². The molecule has 0 saturated carbocycles. The minimum Gasteiger partial charge on any atom is -0.353 e. The Morgan fingerprint density at radius 2 is 1.82 bits per heavy atom. The number of hydrogen-bond acceptors (Lipinski definition) is 7. The molecule has 4 heterocycles. The molecule has 10 heteroatoms. The summed E-state index contributed by atoms with van der Waals surface area (Å²) in [4.78, 5) is 20.5. The molecule has 0 spiro atoms. The van der Waals surface area contributed by atoms with Gasteiger partial charge in [0.1, 0.15) is 11.6 Å². The predicted octanol–water partition coefficient (Wildman–Crippen LogP) is 6.02. The van der Waals surface area contributed by atoms with Gasteiger partial charge in [-0.25, -0.2) is 19.3 Å².